The molecule has 0 aromatic carbocycles. The maximum atomic E-state index is 13.3. The average Bonchev–Trinajstić information content (AvgIpc) is 3.25. The van der Waals surface area contributed by atoms with Gasteiger partial charge in [0, 0.05) is 24.9 Å². The Kier molecular flexibility index (Phi) is 4.19. The third kappa shape index (κ3) is 3.25. The molecule has 2 unspecified atom stereocenters. The van der Waals surface area contributed by atoms with Gasteiger partial charge in [0.2, 0.25) is 0 Å². The molecule has 0 aliphatic carbocycles. The van der Waals surface area contributed by atoms with Crippen molar-refractivity contribution in [2.45, 2.75) is 38.4 Å². The zero-order valence-corrected chi connectivity index (χ0v) is 14.1. The zero-order chi connectivity index (χ0) is 17.6. The van der Waals surface area contributed by atoms with E-state index < -0.39 is 11.9 Å². The van der Waals surface area contributed by atoms with Crippen LogP contribution in [-0.4, -0.2) is 45.8 Å². The minimum absolute atomic E-state index is 0.0590. The van der Waals surface area contributed by atoms with Crippen molar-refractivity contribution >= 4 is 5.65 Å². The lowest BCUT2D eigenvalue weighted by molar-refractivity contribution is -0.142. The van der Waals surface area contributed by atoms with Crippen LogP contribution in [0.15, 0.2) is 12.1 Å². The summed E-state index contributed by atoms with van der Waals surface area (Å²) in [6.45, 7) is 5.01. The van der Waals surface area contributed by atoms with Crippen molar-refractivity contribution in [1.29, 1.82) is 0 Å². The highest BCUT2D eigenvalue weighted by Crippen LogP contribution is 2.35. The van der Waals surface area contributed by atoms with Gasteiger partial charge in [-0.15, -0.1) is 0 Å². The molecule has 2 saturated heterocycles. The van der Waals surface area contributed by atoms with Crippen LogP contribution in [0.25, 0.3) is 5.65 Å². The Hall–Kier alpha value is -1.67. The molecule has 0 spiro atoms. The Morgan fingerprint density at radius 2 is 2.12 bits per heavy atom. The number of ether oxygens (including phenoxy) is 1. The topological polar surface area (TPSA) is 42.7 Å². The highest BCUT2D eigenvalue weighted by Gasteiger charge is 2.36. The van der Waals surface area contributed by atoms with Crippen LogP contribution in [0.3, 0.4) is 0 Å². The van der Waals surface area contributed by atoms with E-state index in [9.17, 15) is 13.2 Å². The summed E-state index contributed by atoms with van der Waals surface area (Å²) >= 11 is 0. The first-order chi connectivity index (χ1) is 11.9. The number of aromatic nitrogens is 3. The smallest absolute Gasteiger partial charge is 0.381 e. The summed E-state index contributed by atoms with van der Waals surface area (Å²) in [6.07, 6.45) is -1.46. The molecule has 0 N–H and O–H groups in total. The van der Waals surface area contributed by atoms with Gasteiger partial charge in [0.1, 0.15) is 5.69 Å². The van der Waals surface area contributed by atoms with Gasteiger partial charge in [0.25, 0.3) is 0 Å². The average molecular weight is 354 g/mol. The van der Waals surface area contributed by atoms with E-state index in [0.29, 0.717) is 17.3 Å². The van der Waals surface area contributed by atoms with Gasteiger partial charge in [-0.2, -0.15) is 18.3 Å². The fraction of sp³-hybridized carbons (Fsp3) is 0.647. The number of alkyl halides is 3. The van der Waals surface area contributed by atoms with Crippen LogP contribution < -0.4 is 0 Å². The molecule has 0 saturated carbocycles. The molecule has 0 bridgehead atoms. The predicted molar refractivity (Wildman–Crippen MR) is 85.2 cm³/mol. The van der Waals surface area contributed by atoms with Gasteiger partial charge < -0.3 is 4.74 Å². The van der Waals surface area contributed by atoms with E-state index in [1.165, 1.54) is 0 Å². The SMILES string of the molecule is Cc1cc(C(F)(F)F)n2nc(C3CCCN3CC3CCOC3)cc2n1. The molecule has 4 rings (SSSR count). The summed E-state index contributed by atoms with van der Waals surface area (Å²) in [5.41, 5.74) is 0.519. The number of rotatable bonds is 3. The van der Waals surface area contributed by atoms with E-state index >= 15 is 0 Å². The van der Waals surface area contributed by atoms with Gasteiger partial charge in [-0.05, 0) is 44.7 Å². The summed E-state index contributed by atoms with van der Waals surface area (Å²) in [7, 11) is 0. The maximum absolute atomic E-state index is 13.3. The van der Waals surface area contributed by atoms with Crippen molar-refractivity contribution in [3.63, 3.8) is 0 Å². The number of hydrogen-bond donors (Lipinski definition) is 0. The van der Waals surface area contributed by atoms with E-state index in [1.807, 2.05) is 0 Å². The molecule has 2 aromatic rings. The van der Waals surface area contributed by atoms with Gasteiger partial charge in [0.15, 0.2) is 5.65 Å². The third-order valence-electron chi connectivity index (χ3n) is 5.09. The van der Waals surface area contributed by atoms with Gasteiger partial charge in [-0.3, -0.25) is 4.90 Å². The molecule has 25 heavy (non-hydrogen) atoms. The van der Waals surface area contributed by atoms with Crippen LogP contribution in [-0.2, 0) is 10.9 Å². The van der Waals surface area contributed by atoms with Gasteiger partial charge in [-0.25, -0.2) is 9.50 Å². The fourth-order valence-electron chi connectivity index (χ4n) is 3.92. The van der Waals surface area contributed by atoms with Crippen molar-refractivity contribution in [2.75, 3.05) is 26.3 Å². The van der Waals surface area contributed by atoms with Crippen LogP contribution in [0.4, 0.5) is 13.2 Å². The Labute approximate surface area is 143 Å². The minimum Gasteiger partial charge on any atom is -0.381 e. The molecule has 8 heteroatoms. The van der Waals surface area contributed by atoms with Crippen molar-refractivity contribution < 1.29 is 17.9 Å². The van der Waals surface area contributed by atoms with E-state index in [1.54, 1.807) is 13.0 Å². The van der Waals surface area contributed by atoms with Crippen molar-refractivity contribution in [1.82, 2.24) is 19.5 Å². The normalized spacial score (nSPS) is 25.3. The Morgan fingerprint density at radius 3 is 2.84 bits per heavy atom. The standard InChI is InChI=1S/C17H21F3N4O/c1-11-7-15(17(18,19)20)24-16(21-11)8-13(22-24)14-3-2-5-23(14)9-12-4-6-25-10-12/h7-8,12,14H,2-6,9-10H2,1H3. The Morgan fingerprint density at radius 1 is 1.28 bits per heavy atom. The molecule has 5 nitrogen and oxygen atoms in total. The fourth-order valence-corrected chi connectivity index (χ4v) is 3.92. The van der Waals surface area contributed by atoms with Crippen LogP contribution in [0.2, 0.25) is 0 Å². The second-order valence-electron chi connectivity index (χ2n) is 7.00. The zero-order valence-electron chi connectivity index (χ0n) is 14.1. The highest BCUT2D eigenvalue weighted by molar-refractivity contribution is 5.43. The Bertz CT molecular complexity index is 767. The summed E-state index contributed by atoms with van der Waals surface area (Å²) in [5, 5.41) is 4.29. The second kappa shape index (κ2) is 6.25. The number of aryl methyl sites for hydroxylation is 1. The predicted octanol–water partition coefficient (Wildman–Crippen LogP) is 3.23. The number of fused-ring (bicyclic) bond motifs is 1. The maximum Gasteiger partial charge on any atom is 0.433 e. The molecule has 4 heterocycles. The van der Waals surface area contributed by atoms with E-state index in [0.717, 1.165) is 56.1 Å². The number of hydrogen-bond acceptors (Lipinski definition) is 4. The van der Waals surface area contributed by atoms with Crippen molar-refractivity contribution in [3.8, 4) is 0 Å². The molecular weight excluding hydrogens is 333 g/mol. The number of halogens is 3. The summed E-state index contributed by atoms with van der Waals surface area (Å²) in [5.74, 6) is 0.503. The highest BCUT2D eigenvalue weighted by atomic mass is 19.4. The lowest BCUT2D eigenvalue weighted by Gasteiger charge is -2.25. The molecule has 2 fully saturated rings. The van der Waals surface area contributed by atoms with Gasteiger partial charge in [0.05, 0.1) is 18.3 Å². The molecule has 2 aromatic heterocycles. The van der Waals surface area contributed by atoms with Gasteiger partial charge >= 0.3 is 6.18 Å². The first-order valence-corrected chi connectivity index (χ1v) is 8.68. The molecular formula is C17H21F3N4O. The largest absolute Gasteiger partial charge is 0.433 e. The summed E-state index contributed by atoms with van der Waals surface area (Å²) in [6, 6.07) is 2.81. The van der Waals surface area contributed by atoms with Crippen LogP contribution >= 0.6 is 0 Å². The lowest BCUT2D eigenvalue weighted by Crippen LogP contribution is -2.29. The third-order valence-corrected chi connectivity index (χ3v) is 5.09. The Balaban J connectivity index is 1.66. The summed E-state index contributed by atoms with van der Waals surface area (Å²) in [4.78, 5) is 6.57. The molecule has 0 radical (unpaired) electrons. The monoisotopic (exact) mass is 354 g/mol. The summed E-state index contributed by atoms with van der Waals surface area (Å²) < 4.78 is 46.3. The van der Waals surface area contributed by atoms with Crippen LogP contribution in [0.5, 0.6) is 0 Å². The quantitative estimate of drug-likeness (QED) is 0.849. The van der Waals surface area contributed by atoms with Gasteiger partial charge in [-0.1, -0.05) is 0 Å². The first-order valence-electron chi connectivity index (χ1n) is 8.68. The second-order valence-corrected chi connectivity index (χ2v) is 7.00. The van der Waals surface area contributed by atoms with E-state index in [-0.39, 0.29) is 11.7 Å². The van der Waals surface area contributed by atoms with E-state index in [4.69, 9.17) is 4.74 Å². The molecule has 2 aliphatic heterocycles. The number of nitrogens with zero attached hydrogens (tertiary/aromatic N) is 4. The van der Waals surface area contributed by atoms with E-state index in [2.05, 4.69) is 15.0 Å². The molecule has 2 atom stereocenters. The lowest BCUT2D eigenvalue weighted by atomic mass is 10.1. The molecule has 0 amide bonds. The van der Waals surface area contributed by atoms with Crippen molar-refractivity contribution in [3.05, 3.63) is 29.2 Å². The molecule has 2 aliphatic rings. The van der Waals surface area contributed by atoms with Crippen LogP contribution in [0, 0.1) is 12.8 Å². The van der Waals surface area contributed by atoms with Crippen molar-refractivity contribution in [2.24, 2.45) is 5.92 Å². The minimum atomic E-state index is -4.45. The first kappa shape index (κ1) is 16.8. The van der Waals surface area contributed by atoms with Crippen LogP contribution in [0.1, 0.15) is 42.4 Å². The number of likely N-dealkylation sites (tertiary alicyclic amines) is 1. The molecule has 136 valence electrons.